The molecule has 150 valence electrons. The highest BCUT2D eigenvalue weighted by Crippen LogP contribution is 2.24. The van der Waals surface area contributed by atoms with Crippen LogP contribution in [0.4, 0.5) is 0 Å². The molecule has 0 fully saturated rings. The van der Waals surface area contributed by atoms with Gasteiger partial charge in [-0.3, -0.25) is 9.59 Å². The minimum absolute atomic E-state index is 0.119. The maximum atomic E-state index is 12.7. The molecule has 5 nitrogen and oxygen atoms in total. The molecule has 0 unspecified atom stereocenters. The van der Waals surface area contributed by atoms with Crippen LogP contribution in [0.25, 0.3) is 6.08 Å². The van der Waals surface area contributed by atoms with Crippen molar-refractivity contribution in [2.45, 2.75) is 6.92 Å². The predicted molar refractivity (Wildman–Crippen MR) is 117 cm³/mol. The molecule has 0 aromatic heterocycles. The first-order valence-corrected chi connectivity index (χ1v) is 9.80. The molecule has 6 heteroatoms. The number of para-hydroxylation sites is 2. The van der Waals surface area contributed by atoms with Gasteiger partial charge < -0.3 is 9.47 Å². The lowest BCUT2D eigenvalue weighted by molar-refractivity contribution is -0.131. The molecular weight excluding hydrogens is 448 g/mol. The number of ketones is 1. The smallest absolute Gasteiger partial charge is 0.347 e. The van der Waals surface area contributed by atoms with Crippen molar-refractivity contribution >= 4 is 39.7 Å². The minimum Gasteiger partial charge on any atom is -0.426 e. The normalized spacial score (nSPS) is 10.6. The molecule has 0 aliphatic carbocycles. The lowest BCUT2D eigenvalue weighted by Crippen LogP contribution is -2.13. The van der Waals surface area contributed by atoms with Gasteiger partial charge in [0.1, 0.15) is 17.1 Å². The number of benzene rings is 3. The molecule has 0 bridgehead atoms. The molecule has 0 amide bonds. The molecule has 0 radical (unpaired) electrons. The Balaban J connectivity index is 1.80. The third kappa shape index (κ3) is 5.52. The van der Waals surface area contributed by atoms with E-state index in [0.29, 0.717) is 11.1 Å². The van der Waals surface area contributed by atoms with Crippen LogP contribution in [0.1, 0.15) is 33.2 Å². The van der Waals surface area contributed by atoms with Gasteiger partial charge in [-0.15, -0.1) is 0 Å². The van der Waals surface area contributed by atoms with Crippen molar-refractivity contribution in [2.75, 3.05) is 0 Å². The van der Waals surface area contributed by atoms with Gasteiger partial charge in [-0.1, -0.05) is 46.3 Å². The maximum absolute atomic E-state index is 12.7. The van der Waals surface area contributed by atoms with E-state index >= 15 is 0 Å². The van der Waals surface area contributed by atoms with Gasteiger partial charge in [0.15, 0.2) is 5.78 Å². The second kappa shape index (κ2) is 9.80. The quantitative estimate of drug-likeness (QED) is 0.209. The van der Waals surface area contributed by atoms with Crippen LogP contribution in [-0.2, 0) is 4.79 Å². The van der Waals surface area contributed by atoms with Crippen LogP contribution in [0.2, 0.25) is 0 Å². The highest BCUT2D eigenvalue weighted by Gasteiger charge is 2.17. The molecule has 0 saturated carbocycles. The van der Waals surface area contributed by atoms with E-state index in [-0.39, 0.29) is 22.8 Å². The molecule has 0 aliphatic heterocycles. The van der Waals surface area contributed by atoms with Crippen LogP contribution in [0.3, 0.4) is 0 Å². The summed E-state index contributed by atoms with van der Waals surface area (Å²) < 4.78 is 11.5. The number of rotatable bonds is 6. The Bertz CT molecular complexity index is 1120. The first-order valence-electron chi connectivity index (χ1n) is 9.00. The molecule has 0 spiro atoms. The molecular formula is C24H17BrO5. The number of ether oxygens (including phenoxy) is 2. The van der Waals surface area contributed by atoms with E-state index in [9.17, 15) is 14.4 Å². The average molecular weight is 465 g/mol. The van der Waals surface area contributed by atoms with E-state index in [1.165, 1.54) is 25.1 Å². The Hall–Kier alpha value is -3.51. The summed E-state index contributed by atoms with van der Waals surface area (Å²) in [6.07, 6.45) is 3.01. The van der Waals surface area contributed by atoms with Crippen LogP contribution < -0.4 is 9.47 Å². The molecule has 0 atom stereocenters. The monoisotopic (exact) mass is 464 g/mol. The number of hydrogen-bond donors (Lipinski definition) is 0. The van der Waals surface area contributed by atoms with Crippen molar-refractivity contribution < 1.29 is 23.9 Å². The number of halogens is 1. The standard InChI is InChI=1S/C24H17BrO5/c1-16(26)29-23-9-5-3-7-20(23)24(28)30-22-8-4-2-6-18(22)12-15-21(27)17-10-13-19(25)14-11-17/h2-15H,1H3/b15-12+. The number of carbonyl (C=O) groups excluding carboxylic acids is 3. The van der Waals surface area contributed by atoms with E-state index in [4.69, 9.17) is 9.47 Å². The fourth-order valence-corrected chi connectivity index (χ4v) is 2.89. The molecule has 3 rings (SSSR count). The third-order valence-corrected chi connectivity index (χ3v) is 4.55. The molecule has 0 saturated heterocycles. The Morgan fingerprint density at radius 3 is 2.13 bits per heavy atom. The van der Waals surface area contributed by atoms with Crippen molar-refractivity contribution in [2.24, 2.45) is 0 Å². The van der Waals surface area contributed by atoms with Crippen LogP contribution in [0, 0.1) is 0 Å². The van der Waals surface area contributed by atoms with E-state index in [1.54, 1.807) is 66.7 Å². The number of carbonyl (C=O) groups is 3. The largest absolute Gasteiger partial charge is 0.426 e. The average Bonchev–Trinajstić information content (AvgIpc) is 2.73. The van der Waals surface area contributed by atoms with Gasteiger partial charge in [-0.2, -0.15) is 0 Å². The van der Waals surface area contributed by atoms with Gasteiger partial charge in [0.25, 0.3) is 0 Å². The lowest BCUT2D eigenvalue weighted by Gasteiger charge is -2.10. The number of hydrogen-bond acceptors (Lipinski definition) is 5. The van der Waals surface area contributed by atoms with Crippen LogP contribution in [-0.4, -0.2) is 17.7 Å². The summed E-state index contributed by atoms with van der Waals surface area (Å²) in [5, 5.41) is 0. The summed E-state index contributed by atoms with van der Waals surface area (Å²) in [6, 6.07) is 20.2. The minimum atomic E-state index is -0.674. The first-order chi connectivity index (χ1) is 14.4. The van der Waals surface area contributed by atoms with Crippen molar-refractivity contribution in [3.63, 3.8) is 0 Å². The Morgan fingerprint density at radius 2 is 1.43 bits per heavy atom. The summed E-state index contributed by atoms with van der Waals surface area (Å²) in [7, 11) is 0. The molecule has 0 aliphatic rings. The summed E-state index contributed by atoms with van der Waals surface area (Å²) in [6.45, 7) is 1.25. The number of esters is 2. The van der Waals surface area contributed by atoms with E-state index in [1.807, 2.05) is 0 Å². The second-order valence-corrected chi connectivity index (χ2v) is 7.14. The van der Waals surface area contributed by atoms with Crippen molar-refractivity contribution in [3.8, 4) is 11.5 Å². The zero-order valence-corrected chi connectivity index (χ0v) is 17.6. The first kappa shape index (κ1) is 21.2. The maximum Gasteiger partial charge on any atom is 0.347 e. The highest BCUT2D eigenvalue weighted by molar-refractivity contribution is 9.10. The summed E-state index contributed by atoms with van der Waals surface area (Å²) >= 11 is 3.33. The highest BCUT2D eigenvalue weighted by atomic mass is 79.9. The fourth-order valence-electron chi connectivity index (χ4n) is 2.62. The molecule has 3 aromatic carbocycles. The summed E-state index contributed by atoms with van der Waals surface area (Å²) in [5.74, 6) is -0.991. The Labute approximate surface area is 182 Å². The SMILES string of the molecule is CC(=O)Oc1ccccc1C(=O)Oc1ccccc1/C=C/C(=O)c1ccc(Br)cc1. The molecule has 3 aromatic rings. The molecule has 0 heterocycles. The van der Waals surface area contributed by atoms with Gasteiger partial charge >= 0.3 is 11.9 Å². The van der Waals surface area contributed by atoms with E-state index < -0.39 is 11.9 Å². The van der Waals surface area contributed by atoms with Crippen LogP contribution in [0.15, 0.2) is 83.3 Å². The van der Waals surface area contributed by atoms with E-state index in [0.717, 1.165) is 4.47 Å². The van der Waals surface area contributed by atoms with Gasteiger partial charge in [-0.05, 0) is 54.6 Å². The van der Waals surface area contributed by atoms with Gasteiger partial charge in [0.2, 0.25) is 0 Å². The van der Waals surface area contributed by atoms with Gasteiger partial charge in [0.05, 0.1) is 0 Å². The summed E-state index contributed by atoms with van der Waals surface area (Å²) in [5.41, 5.74) is 1.22. The Kier molecular flexibility index (Phi) is 6.93. The van der Waals surface area contributed by atoms with Crippen LogP contribution >= 0.6 is 15.9 Å². The molecule has 30 heavy (non-hydrogen) atoms. The second-order valence-electron chi connectivity index (χ2n) is 6.22. The topological polar surface area (TPSA) is 69.7 Å². The van der Waals surface area contributed by atoms with Crippen molar-refractivity contribution in [1.82, 2.24) is 0 Å². The predicted octanol–water partition coefficient (Wildman–Crippen LogP) is 5.49. The van der Waals surface area contributed by atoms with Crippen molar-refractivity contribution in [1.29, 1.82) is 0 Å². The molecule has 0 N–H and O–H groups in total. The van der Waals surface area contributed by atoms with E-state index in [2.05, 4.69) is 15.9 Å². The van der Waals surface area contributed by atoms with Gasteiger partial charge in [0, 0.05) is 22.5 Å². The third-order valence-electron chi connectivity index (χ3n) is 4.03. The van der Waals surface area contributed by atoms with Gasteiger partial charge in [-0.25, -0.2) is 4.79 Å². The number of allylic oxidation sites excluding steroid dienone is 1. The lowest BCUT2D eigenvalue weighted by atomic mass is 10.1. The fraction of sp³-hybridized carbons (Fsp3) is 0.0417. The van der Waals surface area contributed by atoms with Crippen LogP contribution in [0.5, 0.6) is 11.5 Å². The Morgan fingerprint density at radius 1 is 0.800 bits per heavy atom. The summed E-state index contributed by atoms with van der Waals surface area (Å²) in [4.78, 5) is 36.3. The zero-order chi connectivity index (χ0) is 21.5. The zero-order valence-electron chi connectivity index (χ0n) is 16.0. The van der Waals surface area contributed by atoms with Crippen molar-refractivity contribution in [3.05, 3.63) is 100 Å².